The van der Waals surface area contributed by atoms with Gasteiger partial charge in [-0.05, 0) is 57.2 Å². The highest BCUT2D eigenvalue weighted by Gasteiger charge is 2.33. The molecule has 1 aromatic rings. The highest BCUT2D eigenvalue weighted by molar-refractivity contribution is 5.13. The molecule has 0 saturated heterocycles. The first-order valence-corrected chi connectivity index (χ1v) is 7.33. The second-order valence-corrected chi connectivity index (χ2v) is 6.28. The van der Waals surface area contributed by atoms with Crippen LogP contribution in [0.15, 0.2) is 24.5 Å². The molecule has 1 aliphatic carbocycles. The highest BCUT2D eigenvalue weighted by atomic mass is 16.3. The summed E-state index contributed by atoms with van der Waals surface area (Å²) in [6.07, 6.45) is 7.86. The zero-order chi connectivity index (χ0) is 13.9. The lowest BCUT2D eigenvalue weighted by Crippen LogP contribution is -2.44. The largest absolute Gasteiger partial charge is 0.389 e. The average Bonchev–Trinajstić information content (AvgIpc) is 2.42. The molecule has 19 heavy (non-hydrogen) atoms. The summed E-state index contributed by atoms with van der Waals surface area (Å²) in [5.74, 6) is 0.765. The Labute approximate surface area is 116 Å². The first kappa shape index (κ1) is 14.5. The van der Waals surface area contributed by atoms with E-state index in [-0.39, 0.29) is 6.04 Å². The van der Waals surface area contributed by atoms with E-state index in [2.05, 4.69) is 36.8 Å². The molecule has 1 saturated carbocycles. The van der Waals surface area contributed by atoms with Crippen LogP contribution in [0.3, 0.4) is 0 Å². The Morgan fingerprint density at radius 2 is 2.16 bits per heavy atom. The Bertz CT molecular complexity index is 385. The number of nitrogens with zero attached hydrogens (tertiary/aromatic N) is 2. The summed E-state index contributed by atoms with van der Waals surface area (Å²) < 4.78 is 0. The third kappa shape index (κ3) is 3.77. The molecule has 1 aliphatic rings. The van der Waals surface area contributed by atoms with E-state index in [1.165, 1.54) is 5.56 Å². The van der Waals surface area contributed by atoms with E-state index in [1.807, 2.05) is 12.3 Å². The van der Waals surface area contributed by atoms with Crippen LogP contribution >= 0.6 is 0 Å². The summed E-state index contributed by atoms with van der Waals surface area (Å²) in [5.41, 5.74) is 0.704. The lowest BCUT2D eigenvalue weighted by molar-refractivity contribution is -0.0368. The summed E-state index contributed by atoms with van der Waals surface area (Å²) >= 11 is 0. The number of aromatic nitrogens is 1. The average molecular weight is 262 g/mol. The van der Waals surface area contributed by atoms with Gasteiger partial charge in [-0.25, -0.2) is 0 Å². The second-order valence-electron chi connectivity index (χ2n) is 6.28. The molecule has 1 N–H and O–H groups in total. The predicted molar refractivity (Wildman–Crippen MR) is 77.9 cm³/mol. The van der Waals surface area contributed by atoms with Crippen molar-refractivity contribution in [2.45, 2.75) is 51.2 Å². The standard InChI is InChI=1S/C16H26N2O/c1-13-6-8-16(19,9-7-13)12-18(3)14(2)15-5-4-10-17-11-15/h4-5,10-11,13-14,19H,6-9,12H2,1-3H3. The van der Waals surface area contributed by atoms with Crippen LogP contribution in [0.1, 0.15) is 51.1 Å². The minimum atomic E-state index is -0.502. The van der Waals surface area contributed by atoms with Crippen molar-refractivity contribution in [2.75, 3.05) is 13.6 Å². The Balaban J connectivity index is 1.95. The van der Waals surface area contributed by atoms with Gasteiger partial charge in [0.2, 0.25) is 0 Å². The molecule has 1 unspecified atom stereocenters. The number of likely N-dealkylation sites (N-methyl/N-ethyl adjacent to an activating group) is 1. The first-order valence-electron chi connectivity index (χ1n) is 7.33. The molecule has 1 aromatic heterocycles. The molecule has 106 valence electrons. The Kier molecular flexibility index (Phi) is 4.58. The minimum Gasteiger partial charge on any atom is -0.389 e. The Hall–Kier alpha value is -0.930. The van der Waals surface area contributed by atoms with Crippen LogP contribution in [0.4, 0.5) is 0 Å². The fourth-order valence-corrected chi connectivity index (χ4v) is 2.94. The molecule has 0 radical (unpaired) electrons. The number of hydrogen-bond acceptors (Lipinski definition) is 3. The molecule has 0 aliphatic heterocycles. The molecule has 3 nitrogen and oxygen atoms in total. The van der Waals surface area contributed by atoms with Gasteiger partial charge in [0, 0.05) is 25.0 Å². The number of aliphatic hydroxyl groups is 1. The number of rotatable bonds is 4. The Morgan fingerprint density at radius 1 is 1.47 bits per heavy atom. The number of pyridine rings is 1. The van der Waals surface area contributed by atoms with Crippen molar-refractivity contribution in [2.24, 2.45) is 5.92 Å². The van der Waals surface area contributed by atoms with Crippen LogP contribution in [-0.4, -0.2) is 34.2 Å². The zero-order valence-electron chi connectivity index (χ0n) is 12.3. The van der Waals surface area contributed by atoms with Gasteiger partial charge in [0.05, 0.1) is 5.60 Å². The van der Waals surface area contributed by atoms with Crippen molar-refractivity contribution >= 4 is 0 Å². The van der Waals surface area contributed by atoms with Crippen molar-refractivity contribution in [3.63, 3.8) is 0 Å². The molecule has 3 heteroatoms. The van der Waals surface area contributed by atoms with Gasteiger partial charge in [-0.15, -0.1) is 0 Å². The van der Waals surface area contributed by atoms with Gasteiger partial charge in [0.1, 0.15) is 0 Å². The topological polar surface area (TPSA) is 36.4 Å². The van der Waals surface area contributed by atoms with Crippen molar-refractivity contribution in [3.05, 3.63) is 30.1 Å². The maximum Gasteiger partial charge on any atom is 0.0774 e. The molecular formula is C16H26N2O. The summed E-state index contributed by atoms with van der Waals surface area (Å²) in [7, 11) is 2.09. The van der Waals surface area contributed by atoms with Gasteiger partial charge in [0.25, 0.3) is 0 Å². The zero-order valence-corrected chi connectivity index (χ0v) is 12.3. The van der Waals surface area contributed by atoms with Gasteiger partial charge in [-0.1, -0.05) is 13.0 Å². The molecular weight excluding hydrogens is 236 g/mol. The van der Waals surface area contributed by atoms with Gasteiger partial charge < -0.3 is 5.11 Å². The summed E-state index contributed by atoms with van der Waals surface area (Å²) in [5, 5.41) is 10.7. The maximum absolute atomic E-state index is 10.7. The van der Waals surface area contributed by atoms with E-state index in [0.29, 0.717) is 0 Å². The van der Waals surface area contributed by atoms with Gasteiger partial charge in [-0.2, -0.15) is 0 Å². The van der Waals surface area contributed by atoms with Gasteiger partial charge in [0.15, 0.2) is 0 Å². The van der Waals surface area contributed by atoms with Crippen LogP contribution in [0.2, 0.25) is 0 Å². The van der Waals surface area contributed by atoms with E-state index in [9.17, 15) is 5.11 Å². The van der Waals surface area contributed by atoms with Gasteiger partial charge in [-0.3, -0.25) is 9.88 Å². The second kappa shape index (κ2) is 6.02. The monoisotopic (exact) mass is 262 g/mol. The normalized spacial score (nSPS) is 29.4. The smallest absolute Gasteiger partial charge is 0.0774 e. The van der Waals surface area contributed by atoms with Gasteiger partial charge >= 0.3 is 0 Å². The van der Waals surface area contributed by atoms with Crippen molar-refractivity contribution in [3.8, 4) is 0 Å². The molecule has 1 fully saturated rings. The predicted octanol–water partition coefficient (Wildman–Crippen LogP) is 3.02. The molecule has 0 aromatic carbocycles. The fraction of sp³-hybridized carbons (Fsp3) is 0.688. The molecule has 0 spiro atoms. The highest BCUT2D eigenvalue weighted by Crippen LogP contribution is 2.33. The molecule has 0 bridgehead atoms. The quantitative estimate of drug-likeness (QED) is 0.906. The summed E-state index contributed by atoms with van der Waals surface area (Å²) in [4.78, 5) is 6.42. The Morgan fingerprint density at radius 3 is 2.74 bits per heavy atom. The lowest BCUT2D eigenvalue weighted by Gasteiger charge is -2.39. The van der Waals surface area contributed by atoms with E-state index >= 15 is 0 Å². The van der Waals surface area contributed by atoms with Crippen LogP contribution in [0, 0.1) is 5.92 Å². The van der Waals surface area contributed by atoms with Crippen LogP contribution in [-0.2, 0) is 0 Å². The lowest BCUT2D eigenvalue weighted by atomic mass is 9.79. The van der Waals surface area contributed by atoms with Crippen molar-refractivity contribution in [1.82, 2.24) is 9.88 Å². The number of hydrogen-bond donors (Lipinski definition) is 1. The van der Waals surface area contributed by atoms with Crippen LogP contribution in [0.5, 0.6) is 0 Å². The first-order chi connectivity index (χ1) is 9.00. The molecule has 2 rings (SSSR count). The third-order valence-electron chi connectivity index (χ3n) is 4.58. The summed E-state index contributed by atoms with van der Waals surface area (Å²) in [6, 6.07) is 4.36. The van der Waals surface area contributed by atoms with E-state index in [4.69, 9.17) is 0 Å². The van der Waals surface area contributed by atoms with E-state index in [1.54, 1.807) is 6.20 Å². The molecule has 1 atom stereocenters. The van der Waals surface area contributed by atoms with E-state index < -0.39 is 5.60 Å². The molecule has 1 heterocycles. The van der Waals surface area contributed by atoms with Crippen molar-refractivity contribution < 1.29 is 5.11 Å². The minimum absolute atomic E-state index is 0.289. The SMILES string of the molecule is CC1CCC(O)(CN(C)C(C)c2cccnc2)CC1. The maximum atomic E-state index is 10.7. The van der Waals surface area contributed by atoms with Crippen molar-refractivity contribution in [1.29, 1.82) is 0 Å². The fourth-order valence-electron chi connectivity index (χ4n) is 2.94. The molecule has 0 amide bonds. The van der Waals surface area contributed by atoms with Crippen LogP contribution in [0.25, 0.3) is 0 Å². The third-order valence-corrected chi connectivity index (χ3v) is 4.58. The summed E-state index contributed by atoms with van der Waals surface area (Å²) in [6.45, 7) is 5.20. The van der Waals surface area contributed by atoms with Crippen LogP contribution < -0.4 is 0 Å². The van der Waals surface area contributed by atoms with E-state index in [0.717, 1.165) is 38.1 Å².